The Balaban J connectivity index is 1.60. The Hall–Kier alpha value is -2.52. The number of ether oxygens (including phenoxy) is 1. The van der Waals surface area contributed by atoms with Crippen LogP contribution in [0.15, 0.2) is 78.9 Å². The molecule has 29 heavy (non-hydrogen) atoms. The van der Waals surface area contributed by atoms with Gasteiger partial charge in [0.2, 0.25) is 0 Å². The van der Waals surface area contributed by atoms with Crippen LogP contribution in [0.2, 0.25) is 19.1 Å². The molecule has 0 aromatic heterocycles. The predicted octanol–water partition coefficient (Wildman–Crippen LogP) is 6.40. The minimum Gasteiger partial charge on any atom is -0.494 e. The zero-order valence-electron chi connectivity index (χ0n) is 18.2. The number of para-hydroxylation sites is 1. The molecule has 0 unspecified atom stereocenters. The summed E-state index contributed by atoms with van der Waals surface area (Å²) in [5.41, 5.74) is 3.88. The predicted molar refractivity (Wildman–Crippen MR) is 129 cm³/mol. The SMILES string of the molecule is CCOc1ccc([Si](C)(C)CCCc2cccc(N(C)c3ccccc3)c2)cc1. The third kappa shape index (κ3) is 5.74. The number of nitrogens with zero attached hydrogens (tertiary/aromatic N) is 1. The normalized spacial score (nSPS) is 11.3. The van der Waals surface area contributed by atoms with Crippen LogP contribution in [-0.2, 0) is 6.42 Å². The molecule has 0 N–H and O–H groups in total. The van der Waals surface area contributed by atoms with Crippen LogP contribution in [-0.4, -0.2) is 21.7 Å². The Morgan fingerprint density at radius 1 is 0.828 bits per heavy atom. The number of hydrogen-bond donors (Lipinski definition) is 0. The van der Waals surface area contributed by atoms with Crippen molar-refractivity contribution in [3.05, 3.63) is 84.4 Å². The molecule has 0 heterocycles. The van der Waals surface area contributed by atoms with Crippen LogP contribution in [0.4, 0.5) is 11.4 Å². The first-order valence-corrected chi connectivity index (χ1v) is 13.8. The van der Waals surface area contributed by atoms with E-state index in [0.717, 1.165) is 18.8 Å². The summed E-state index contributed by atoms with van der Waals surface area (Å²) in [6.07, 6.45) is 2.36. The molecular formula is C26H33NOSi. The van der Waals surface area contributed by atoms with Crippen LogP contribution in [0.3, 0.4) is 0 Å². The summed E-state index contributed by atoms with van der Waals surface area (Å²) in [4.78, 5) is 2.25. The van der Waals surface area contributed by atoms with E-state index >= 15 is 0 Å². The first-order chi connectivity index (χ1) is 14.0. The highest BCUT2D eigenvalue weighted by Crippen LogP contribution is 2.25. The second-order valence-corrected chi connectivity index (χ2v) is 13.1. The maximum Gasteiger partial charge on any atom is 0.119 e. The fourth-order valence-corrected chi connectivity index (χ4v) is 6.19. The van der Waals surface area contributed by atoms with E-state index in [2.05, 4.69) is 104 Å². The second kappa shape index (κ2) is 9.79. The molecule has 0 aliphatic heterocycles. The molecule has 152 valence electrons. The van der Waals surface area contributed by atoms with Crippen LogP contribution < -0.4 is 14.8 Å². The highest BCUT2D eigenvalue weighted by atomic mass is 28.3. The van der Waals surface area contributed by atoms with Gasteiger partial charge in [0.1, 0.15) is 5.75 Å². The molecular weight excluding hydrogens is 370 g/mol. The summed E-state index contributed by atoms with van der Waals surface area (Å²) >= 11 is 0. The van der Waals surface area contributed by atoms with E-state index < -0.39 is 8.07 Å². The zero-order valence-corrected chi connectivity index (χ0v) is 19.2. The molecule has 2 nitrogen and oxygen atoms in total. The number of hydrogen-bond acceptors (Lipinski definition) is 2. The van der Waals surface area contributed by atoms with Crippen molar-refractivity contribution in [2.75, 3.05) is 18.6 Å². The van der Waals surface area contributed by atoms with Gasteiger partial charge in [0.05, 0.1) is 14.7 Å². The smallest absolute Gasteiger partial charge is 0.119 e. The Kier molecular flexibility index (Phi) is 7.16. The van der Waals surface area contributed by atoms with Crippen molar-refractivity contribution in [1.29, 1.82) is 0 Å². The maximum atomic E-state index is 5.59. The molecule has 0 saturated heterocycles. The molecule has 3 aromatic carbocycles. The van der Waals surface area contributed by atoms with Crippen LogP contribution in [0, 0.1) is 0 Å². The molecule has 3 heteroatoms. The van der Waals surface area contributed by atoms with E-state index in [4.69, 9.17) is 4.74 Å². The first-order valence-electron chi connectivity index (χ1n) is 10.6. The van der Waals surface area contributed by atoms with Gasteiger partial charge in [-0.3, -0.25) is 0 Å². The molecule has 3 aromatic rings. The van der Waals surface area contributed by atoms with Gasteiger partial charge >= 0.3 is 0 Å². The summed E-state index contributed by atoms with van der Waals surface area (Å²) in [6.45, 7) is 7.70. The lowest BCUT2D eigenvalue weighted by Crippen LogP contribution is -2.41. The molecule has 0 atom stereocenters. The third-order valence-electron chi connectivity index (χ3n) is 5.66. The summed E-state index contributed by atoms with van der Waals surface area (Å²) < 4.78 is 5.59. The first kappa shape index (κ1) is 21.2. The molecule has 0 spiro atoms. The minimum absolute atomic E-state index is 0.721. The number of aryl methyl sites for hydroxylation is 1. The lowest BCUT2D eigenvalue weighted by molar-refractivity contribution is 0.340. The van der Waals surface area contributed by atoms with Gasteiger partial charge in [0.25, 0.3) is 0 Å². The summed E-state index contributed by atoms with van der Waals surface area (Å²) in [5.74, 6) is 0.973. The molecule has 0 aliphatic rings. The van der Waals surface area contributed by atoms with Crippen molar-refractivity contribution in [2.45, 2.75) is 38.9 Å². The fraction of sp³-hybridized carbons (Fsp3) is 0.308. The van der Waals surface area contributed by atoms with Crippen molar-refractivity contribution in [3.8, 4) is 5.75 Å². The van der Waals surface area contributed by atoms with Crippen molar-refractivity contribution in [2.24, 2.45) is 0 Å². The van der Waals surface area contributed by atoms with Crippen LogP contribution in [0.25, 0.3) is 0 Å². The Labute approximate surface area is 177 Å². The van der Waals surface area contributed by atoms with Gasteiger partial charge in [-0.25, -0.2) is 0 Å². The zero-order chi connectivity index (χ0) is 20.7. The molecule has 0 fully saturated rings. The molecule has 0 saturated carbocycles. The summed E-state index contributed by atoms with van der Waals surface area (Å²) in [6, 6.07) is 29.6. The molecule has 0 aliphatic carbocycles. The van der Waals surface area contributed by atoms with Gasteiger partial charge in [-0.2, -0.15) is 0 Å². The standard InChI is InChI=1S/C26H33NOSi/c1-5-28-25-16-18-26(19-17-25)29(3,4)20-10-12-22-11-9-15-24(21-22)27(2)23-13-7-6-8-14-23/h6-9,11,13-19,21H,5,10,12,20H2,1-4H3. The summed E-state index contributed by atoms with van der Waals surface area (Å²) in [7, 11) is 0.702. The largest absolute Gasteiger partial charge is 0.494 e. The molecule has 0 radical (unpaired) electrons. The second-order valence-electron chi connectivity index (χ2n) is 8.26. The van der Waals surface area contributed by atoms with Gasteiger partial charge < -0.3 is 9.64 Å². The van der Waals surface area contributed by atoms with Crippen LogP contribution >= 0.6 is 0 Å². The molecule has 0 amide bonds. The fourth-order valence-electron chi connectivity index (χ4n) is 3.77. The summed E-state index contributed by atoms with van der Waals surface area (Å²) in [5, 5.41) is 1.51. The lowest BCUT2D eigenvalue weighted by atomic mass is 10.1. The Bertz CT molecular complexity index is 890. The van der Waals surface area contributed by atoms with Crippen molar-refractivity contribution in [1.82, 2.24) is 0 Å². The van der Waals surface area contributed by atoms with Gasteiger partial charge in [-0.15, -0.1) is 0 Å². The Morgan fingerprint density at radius 3 is 2.21 bits per heavy atom. The van der Waals surface area contributed by atoms with E-state index in [1.165, 1.54) is 34.6 Å². The highest BCUT2D eigenvalue weighted by Gasteiger charge is 2.22. The minimum atomic E-state index is -1.43. The third-order valence-corrected chi connectivity index (χ3v) is 9.16. The van der Waals surface area contributed by atoms with Gasteiger partial charge in [0, 0.05) is 18.4 Å². The van der Waals surface area contributed by atoms with E-state index in [1.54, 1.807) is 0 Å². The van der Waals surface area contributed by atoms with E-state index in [1.807, 2.05) is 6.92 Å². The van der Waals surface area contributed by atoms with Crippen molar-refractivity contribution >= 4 is 24.6 Å². The van der Waals surface area contributed by atoms with E-state index in [9.17, 15) is 0 Å². The lowest BCUT2D eigenvalue weighted by Gasteiger charge is -2.23. The van der Waals surface area contributed by atoms with Crippen LogP contribution in [0.1, 0.15) is 18.9 Å². The Morgan fingerprint density at radius 2 is 1.52 bits per heavy atom. The number of rotatable bonds is 9. The topological polar surface area (TPSA) is 12.5 Å². The number of benzene rings is 3. The highest BCUT2D eigenvalue weighted by molar-refractivity contribution is 6.89. The maximum absolute atomic E-state index is 5.59. The monoisotopic (exact) mass is 403 g/mol. The van der Waals surface area contributed by atoms with E-state index in [-0.39, 0.29) is 0 Å². The van der Waals surface area contributed by atoms with Gasteiger partial charge in [-0.05, 0) is 55.3 Å². The number of anilines is 2. The van der Waals surface area contributed by atoms with Crippen molar-refractivity contribution in [3.63, 3.8) is 0 Å². The van der Waals surface area contributed by atoms with Gasteiger partial charge in [0.15, 0.2) is 0 Å². The van der Waals surface area contributed by atoms with Crippen molar-refractivity contribution < 1.29 is 4.74 Å². The van der Waals surface area contributed by atoms with E-state index in [0.29, 0.717) is 0 Å². The van der Waals surface area contributed by atoms with Crippen LogP contribution in [0.5, 0.6) is 5.75 Å². The quantitative estimate of drug-likeness (QED) is 0.383. The van der Waals surface area contributed by atoms with Gasteiger partial charge in [-0.1, -0.05) is 73.2 Å². The molecule has 0 bridgehead atoms. The molecule has 3 rings (SSSR count). The average Bonchev–Trinajstić information content (AvgIpc) is 2.74. The average molecular weight is 404 g/mol.